The van der Waals surface area contributed by atoms with Gasteiger partial charge in [-0.25, -0.2) is 0 Å². The summed E-state index contributed by atoms with van der Waals surface area (Å²) in [5.41, 5.74) is 0.643. The minimum Gasteiger partial charge on any atom is -0.469 e. The van der Waals surface area contributed by atoms with Gasteiger partial charge in [0, 0.05) is 5.56 Å². The van der Waals surface area contributed by atoms with Crippen LogP contribution in [0.5, 0.6) is 0 Å². The van der Waals surface area contributed by atoms with Gasteiger partial charge in [0.15, 0.2) is 12.0 Å². The monoisotopic (exact) mass is 168 g/mol. The van der Waals surface area contributed by atoms with Crippen LogP contribution in [0.1, 0.15) is 16.1 Å². The van der Waals surface area contributed by atoms with Crippen molar-refractivity contribution < 1.29 is 18.7 Å². The summed E-state index contributed by atoms with van der Waals surface area (Å²) in [6, 6.07) is 1.50. The first-order valence-corrected chi connectivity index (χ1v) is 3.35. The summed E-state index contributed by atoms with van der Waals surface area (Å²) in [6.45, 7) is 0. The highest BCUT2D eigenvalue weighted by molar-refractivity contribution is 5.74. The van der Waals surface area contributed by atoms with Gasteiger partial charge in [0.05, 0.1) is 19.8 Å². The number of hydrogen-bond acceptors (Lipinski definition) is 4. The van der Waals surface area contributed by atoms with Crippen LogP contribution in [0.2, 0.25) is 0 Å². The maximum atomic E-state index is 10.7. The summed E-state index contributed by atoms with van der Waals surface area (Å²) in [4.78, 5) is 20.9. The minimum atomic E-state index is -0.353. The molecule has 0 radical (unpaired) electrons. The molecule has 0 aliphatic carbocycles. The third-order valence-electron chi connectivity index (χ3n) is 1.37. The Balaban J connectivity index is 2.63. The molecule has 0 unspecified atom stereocenters. The van der Waals surface area contributed by atoms with Gasteiger partial charge in [0.25, 0.3) is 0 Å². The zero-order valence-corrected chi connectivity index (χ0v) is 6.57. The molecule has 0 saturated carbocycles. The SMILES string of the molecule is COC(=O)Cc1coc(C=O)c1. The lowest BCUT2D eigenvalue weighted by Gasteiger charge is -1.92. The van der Waals surface area contributed by atoms with Crippen LogP contribution < -0.4 is 0 Å². The van der Waals surface area contributed by atoms with Crippen molar-refractivity contribution in [2.45, 2.75) is 6.42 Å². The Morgan fingerprint density at radius 2 is 2.50 bits per heavy atom. The molecule has 64 valence electrons. The van der Waals surface area contributed by atoms with Crippen molar-refractivity contribution in [3.8, 4) is 0 Å². The zero-order chi connectivity index (χ0) is 8.97. The number of hydrogen-bond donors (Lipinski definition) is 0. The Labute approximate surface area is 69.1 Å². The molecule has 4 nitrogen and oxygen atoms in total. The van der Waals surface area contributed by atoms with E-state index < -0.39 is 0 Å². The van der Waals surface area contributed by atoms with Crippen LogP contribution in [0, 0.1) is 0 Å². The van der Waals surface area contributed by atoms with Crippen LogP contribution in [-0.4, -0.2) is 19.4 Å². The van der Waals surface area contributed by atoms with Gasteiger partial charge in [-0.15, -0.1) is 0 Å². The van der Waals surface area contributed by atoms with Crippen LogP contribution in [0.25, 0.3) is 0 Å². The first-order valence-electron chi connectivity index (χ1n) is 3.35. The van der Waals surface area contributed by atoms with E-state index in [1.165, 1.54) is 19.4 Å². The number of aldehydes is 1. The highest BCUT2D eigenvalue weighted by atomic mass is 16.5. The Morgan fingerprint density at radius 1 is 1.75 bits per heavy atom. The number of methoxy groups -OCH3 is 1. The van der Waals surface area contributed by atoms with E-state index in [9.17, 15) is 9.59 Å². The fourth-order valence-electron chi connectivity index (χ4n) is 0.788. The van der Waals surface area contributed by atoms with E-state index in [0.29, 0.717) is 11.8 Å². The maximum Gasteiger partial charge on any atom is 0.310 e. The predicted octanol–water partition coefficient (Wildman–Crippen LogP) is 0.808. The topological polar surface area (TPSA) is 56.5 Å². The average Bonchev–Trinajstić information content (AvgIpc) is 2.52. The third kappa shape index (κ3) is 1.95. The molecule has 0 aliphatic heterocycles. The van der Waals surface area contributed by atoms with E-state index in [1.54, 1.807) is 0 Å². The van der Waals surface area contributed by atoms with Crippen molar-refractivity contribution in [3.05, 3.63) is 23.7 Å². The maximum absolute atomic E-state index is 10.7. The summed E-state index contributed by atoms with van der Waals surface area (Å²) in [6.07, 6.45) is 2.08. The molecule has 0 bridgehead atoms. The Kier molecular flexibility index (Phi) is 2.63. The molecule has 0 aliphatic rings. The molecule has 4 heteroatoms. The van der Waals surface area contributed by atoms with Crippen LogP contribution in [-0.2, 0) is 16.0 Å². The summed E-state index contributed by atoms with van der Waals surface area (Å²) in [5.74, 6) is -0.137. The van der Waals surface area contributed by atoms with Crippen molar-refractivity contribution in [2.75, 3.05) is 7.11 Å². The Morgan fingerprint density at radius 3 is 3.00 bits per heavy atom. The van der Waals surface area contributed by atoms with Crippen molar-refractivity contribution in [1.82, 2.24) is 0 Å². The van der Waals surface area contributed by atoms with E-state index in [0.717, 1.165) is 0 Å². The van der Waals surface area contributed by atoms with Gasteiger partial charge in [-0.1, -0.05) is 0 Å². The molecular formula is C8H8O4. The smallest absolute Gasteiger partial charge is 0.310 e. The third-order valence-corrected chi connectivity index (χ3v) is 1.37. The van der Waals surface area contributed by atoms with E-state index in [1.807, 2.05) is 0 Å². The van der Waals surface area contributed by atoms with Crippen LogP contribution in [0.3, 0.4) is 0 Å². The molecule has 0 atom stereocenters. The largest absolute Gasteiger partial charge is 0.469 e. The molecule has 0 fully saturated rings. The molecule has 0 spiro atoms. The fourth-order valence-corrected chi connectivity index (χ4v) is 0.788. The van der Waals surface area contributed by atoms with Gasteiger partial charge in [-0.2, -0.15) is 0 Å². The number of carbonyl (C=O) groups is 2. The second-order valence-corrected chi connectivity index (χ2v) is 2.23. The van der Waals surface area contributed by atoms with Crippen molar-refractivity contribution in [1.29, 1.82) is 0 Å². The van der Waals surface area contributed by atoms with E-state index in [4.69, 9.17) is 4.42 Å². The summed E-state index contributed by atoms with van der Waals surface area (Å²) in [7, 11) is 1.31. The number of rotatable bonds is 3. The predicted molar refractivity (Wildman–Crippen MR) is 39.8 cm³/mol. The van der Waals surface area contributed by atoms with Crippen molar-refractivity contribution >= 4 is 12.3 Å². The number of carbonyl (C=O) groups excluding carboxylic acids is 2. The Bertz CT molecular complexity index is 287. The summed E-state index contributed by atoms with van der Waals surface area (Å²) >= 11 is 0. The standard InChI is InChI=1S/C8H8O4/c1-11-8(10)3-6-2-7(4-9)12-5-6/h2,4-5H,3H2,1H3. The highest BCUT2D eigenvalue weighted by Gasteiger charge is 2.05. The molecular weight excluding hydrogens is 160 g/mol. The van der Waals surface area contributed by atoms with Crippen LogP contribution in [0.15, 0.2) is 16.7 Å². The molecule has 0 N–H and O–H groups in total. The van der Waals surface area contributed by atoms with Crippen LogP contribution in [0.4, 0.5) is 0 Å². The lowest BCUT2D eigenvalue weighted by atomic mass is 10.2. The molecule has 1 aromatic rings. The van der Waals surface area contributed by atoms with Gasteiger partial charge in [-0.3, -0.25) is 9.59 Å². The van der Waals surface area contributed by atoms with E-state index in [-0.39, 0.29) is 18.2 Å². The first-order chi connectivity index (χ1) is 5.76. The molecule has 0 aromatic carbocycles. The minimum absolute atomic E-state index is 0.133. The molecule has 12 heavy (non-hydrogen) atoms. The Hall–Kier alpha value is -1.58. The molecule has 1 heterocycles. The molecule has 1 rings (SSSR count). The van der Waals surface area contributed by atoms with Gasteiger partial charge in [0.2, 0.25) is 0 Å². The van der Waals surface area contributed by atoms with Gasteiger partial charge in [-0.05, 0) is 6.07 Å². The van der Waals surface area contributed by atoms with Gasteiger partial charge in [0.1, 0.15) is 0 Å². The van der Waals surface area contributed by atoms with Crippen molar-refractivity contribution in [2.24, 2.45) is 0 Å². The quantitative estimate of drug-likeness (QED) is 0.495. The first kappa shape index (κ1) is 8.52. The second-order valence-electron chi connectivity index (χ2n) is 2.23. The number of furan rings is 1. The van der Waals surface area contributed by atoms with Gasteiger partial charge < -0.3 is 9.15 Å². The van der Waals surface area contributed by atoms with E-state index in [2.05, 4.69) is 4.74 Å². The number of esters is 1. The van der Waals surface area contributed by atoms with E-state index >= 15 is 0 Å². The lowest BCUT2D eigenvalue weighted by molar-refractivity contribution is -0.139. The molecule has 0 saturated heterocycles. The highest BCUT2D eigenvalue weighted by Crippen LogP contribution is 2.06. The zero-order valence-electron chi connectivity index (χ0n) is 6.57. The number of ether oxygens (including phenoxy) is 1. The van der Waals surface area contributed by atoms with Gasteiger partial charge >= 0.3 is 5.97 Å². The van der Waals surface area contributed by atoms with Crippen molar-refractivity contribution in [3.63, 3.8) is 0 Å². The molecule has 1 aromatic heterocycles. The average molecular weight is 168 g/mol. The fraction of sp³-hybridized carbons (Fsp3) is 0.250. The summed E-state index contributed by atoms with van der Waals surface area (Å²) in [5, 5.41) is 0. The lowest BCUT2D eigenvalue weighted by Crippen LogP contribution is -2.03. The normalized spacial score (nSPS) is 9.42. The van der Waals surface area contributed by atoms with Crippen LogP contribution >= 0.6 is 0 Å². The second kappa shape index (κ2) is 3.71. The molecule has 0 amide bonds. The summed E-state index contributed by atoms with van der Waals surface area (Å²) < 4.78 is 9.21.